The smallest absolute Gasteiger partial charge is 0.322 e. The minimum absolute atomic E-state index is 0.281. The van der Waals surface area contributed by atoms with Gasteiger partial charge in [-0.2, -0.15) is 0 Å². The molecular weight excluding hydrogens is 416 g/mol. The molecule has 2 aromatic carbocycles. The Hall–Kier alpha value is -4.08. The SMILES string of the molecule is COc1ccc(NC(=O)[C@@H](c2ccc(OC)cc2)N(C)C(=O)C[C@@H]2NC(=O)NC2=O)cc1. The number of carbonyl (C=O) groups is 4. The fourth-order valence-electron chi connectivity index (χ4n) is 3.29. The van der Waals surface area contributed by atoms with E-state index in [0.717, 1.165) is 0 Å². The molecule has 1 aliphatic rings. The van der Waals surface area contributed by atoms with Gasteiger partial charge in [-0.3, -0.25) is 19.7 Å². The molecule has 2 atom stereocenters. The molecule has 32 heavy (non-hydrogen) atoms. The minimum atomic E-state index is -0.990. The largest absolute Gasteiger partial charge is 0.497 e. The highest BCUT2D eigenvalue weighted by Gasteiger charge is 2.35. The zero-order valence-electron chi connectivity index (χ0n) is 17.9. The van der Waals surface area contributed by atoms with Crippen LogP contribution in [-0.2, 0) is 14.4 Å². The number of amides is 5. The van der Waals surface area contributed by atoms with Crippen LogP contribution in [0.25, 0.3) is 0 Å². The van der Waals surface area contributed by atoms with Crippen LogP contribution in [0, 0.1) is 0 Å². The van der Waals surface area contributed by atoms with E-state index in [2.05, 4.69) is 16.0 Å². The summed E-state index contributed by atoms with van der Waals surface area (Å²) in [6, 6.07) is 10.9. The maximum absolute atomic E-state index is 13.2. The predicted octanol–water partition coefficient (Wildman–Crippen LogP) is 1.44. The summed E-state index contributed by atoms with van der Waals surface area (Å²) in [5.41, 5.74) is 1.07. The number of carbonyl (C=O) groups excluding carboxylic acids is 4. The van der Waals surface area contributed by atoms with Crippen LogP contribution in [0.1, 0.15) is 18.0 Å². The fraction of sp³-hybridized carbons (Fsp3) is 0.273. The van der Waals surface area contributed by atoms with Gasteiger partial charge in [0.15, 0.2) is 0 Å². The van der Waals surface area contributed by atoms with Gasteiger partial charge in [0.2, 0.25) is 5.91 Å². The van der Waals surface area contributed by atoms with Crippen molar-refractivity contribution in [2.75, 3.05) is 26.6 Å². The summed E-state index contributed by atoms with van der Waals surface area (Å²) in [4.78, 5) is 50.5. The Labute approximate surface area is 184 Å². The third-order valence-electron chi connectivity index (χ3n) is 5.06. The van der Waals surface area contributed by atoms with Crippen molar-refractivity contribution in [1.29, 1.82) is 0 Å². The first kappa shape index (κ1) is 22.6. The molecule has 1 aliphatic heterocycles. The minimum Gasteiger partial charge on any atom is -0.497 e. The first-order valence-electron chi connectivity index (χ1n) is 9.78. The average Bonchev–Trinajstić information content (AvgIpc) is 3.11. The number of urea groups is 1. The molecule has 0 aliphatic carbocycles. The Kier molecular flexibility index (Phi) is 6.93. The zero-order chi connectivity index (χ0) is 23.3. The number of hydrogen-bond acceptors (Lipinski definition) is 6. The van der Waals surface area contributed by atoms with E-state index < -0.39 is 35.8 Å². The van der Waals surface area contributed by atoms with Gasteiger partial charge >= 0.3 is 6.03 Å². The van der Waals surface area contributed by atoms with Crippen LogP contribution in [0.15, 0.2) is 48.5 Å². The first-order chi connectivity index (χ1) is 15.3. The predicted molar refractivity (Wildman–Crippen MR) is 115 cm³/mol. The van der Waals surface area contributed by atoms with Gasteiger partial charge in [0.25, 0.3) is 11.8 Å². The zero-order valence-corrected chi connectivity index (χ0v) is 17.9. The molecule has 3 N–H and O–H groups in total. The van der Waals surface area contributed by atoms with Crippen LogP contribution in [-0.4, -0.2) is 56.0 Å². The molecule has 2 aromatic rings. The van der Waals surface area contributed by atoms with Gasteiger partial charge in [-0.05, 0) is 42.0 Å². The topological polar surface area (TPSA) is 126 Å². The first-order valence-corrected chi connectivity index (χ1v) is 9.78. The van der Waals surface area contributed by atoms with E-state index in [0.29, 0.717) is 22.7 Å². The molecule has 1 fully saturated rings. The summed E-state index contributed by atoms with van der Waals surface area (Å²) in [5.74, 6) is -0.282. The highest BCUT2D eigenvalue weighted by Crippen LogP contribution is 2.26. The molecule has 1 saturated heterocycles. The van der Waals surface area contributed by atoms with Gasteiger partial charge < -0.3 is 25.0 Å². The number of nitrogens with zero attached hydrogens (tertiary/aromatic N) is 1. The van der Waals surface area contributed by atoms with E-state index in [4.69, 9.17) is 9.47 Å². The Morgan fingerprint density at radius 2 is 1.56 bits per heavy atom. The van der Waals surface area contributed by atoms with Gasteiger partial charge in [-0.25, -0.2) is 4.79 Å². The van der Waals surface area contributed by atoms with Crippen molar-refractivity contribution in [2.24, 2.45) is 0 Å². The van der Waals surface area contributed by atoms with Crippen LogP contribution in [0.2, 0.25) is 0 Å². The third kappa shape index (κ3) is 5.15. The van der Waals surface area contributed by atoms with E-state index in [-0.39, 0.29) is 6.42 Å². The average molecular weight is 440 g/mol. The third-order valence-corrected chi connectivity index (χ3v) is 5.06. The Morgan fingerprint density at radius 3 is 2.06 bits per heavy atom. The standard InChI is InChI=1S/C22H24N4O6/c1-26(18(27)12-17-20(28)25-22(30)24-17)19(13-4-8-15(31-2)9-5-13)21(29)23-14-6-10-16(32-3)11-7-14/h4-11,17,19H,12H2,1-3H3,(H,23,29)(H2,24,25,28,30)/t17-,19+/m0/s1. The van der Waals surface area contributed by atoms with E-state index >= 15 is 0 Å². The van der Waals surface area contributed by atoms with Crippen molar-refractivity contribution in [3.8, 4) is 11.5 Å². The van der Waals surface area contributed by atoms with Crippen LogP contribution < -0.4 is 25.4 Å². The summed E-state index contributed by atoms with van der Waals surface area (Å²) in [6.45, 7) is 0. The lowest BCUT2D eigenvalue weighted by Gasteiger charge is -2.28. The van der Waals surface area contributed by atoms with Crippen molar-refractivity contribution < 1.29 is 28.7 Å². The van der Waals surface area contributed by atoms with Gasteiger partial charge in [0, 0.05) is 12.7 Å². The molecule has 0 radical (unpaired) electrons. The monoisotopic (exact) mass is 440 g/mol. The summed E-state index contributed by atoms with van der Waals surface area (Å²) >= 11 is 0. The van der Waals surface area contributed by atoms with Crippen LogP contribution >= 0.6 is 0 Å². The molecule has 1 heterocycles. The lowest BCUT2D eigenvalue weighted by molar-refractivity contribution is -0.138. The van der Waals surface area contributed by atoms with E-state index in [1.54, 1.807) is 55.6 Å². The van der Waals surface area contributed by atoms with Crippen LogP contribution in [0.4, 0.5) is 10.5 Å². The van der Waals surface area contributed by atoms with Gasteiger partial charge in [-0.1, -0.05) is 12.1 Å². The quantitative estimate of drug-likeness (QED) is 0.534. The van der Waals surface area contributed by atoms with Crippen LogP contribution in [0.5, 0.6) is 11.5 Å². The lowest BCUT2D eigenvalue weighted by atomic mass is 10.0. The van der Waals surface area contributed by atoms with Crippen molar-refractivity contribution in [2.45, 2.75) is 18.5 Å². The van der Waals surface area contributed by atoms with Gasteiger partial charge in [0.05, 0.1) is 20.6 Å². The molecule has 0 saturated carbocycles. The fourth-order valence-corrected chi connectivity index (χ4v) is 3.29. The Morgan fingerprint density at radius 1 is 1.00 bits per heavy atom. The molecule has 3 rings (SSSR count). The molecule has 10 heteroatoms. The molecule has 5 amide bonds. The summed E-state index contributed by atoms with van der Waals surface area (Å²) < 4.78 is 10.3. The van der Waals surface area contributed by atoms with Gasteiger partial charge in [0.1, 0.15) is 23.6 Å². The summed E-state index contributed by atoms with van der Waals surface area (Å²) in [7, 11) is 4.54. The highest BCUT2D eigenvalue weighted by atomic mass is 16.5. The van der Waals surface area contributed by atoms with Gasteiger partial charge in [-0.15, -0.1) is 0 Å². The maximum Gasteiger partial charge on any atom is 0.322 e. The number of anilines is 1. The number of hydrogen-bond donors (Lipinski definition) is 3. The van der Waals surface area contributed by atoms with E-state index in [1.165, 1.54) is 19.1 Å². The lowest BCUT2D eigenvalue weighted by Crippen LogP contribution is -2.42. The van der Waals surface area contributed by atoms with Crippen molar-refractivity contribution >= 4 is 29.4 Å². The summed E-state index contributed by atoms with van der Waals surface area (Å²) in [6.07, 6.45) is -0.281. The van der Waals surface area contributed by atoms with E-state index in [9.17, 15) is 19.2 Å². The Bertz CT molecular complexity index is 1010. The second kappa shape index (κ2) is 9.82. The molecule has 0 aromatic heterocycles. The molecule has 0 unspecified atom stereocenters. The van der Waals surface area contributed by atoms with Crippen molar-refractivity contribution in [3.63, 3.8) is 0 Å². The van der Waals surface area contributed by atoms with Crippen LogP contribution in [0.3, 0.4) is 0 Å². The molecular formula is C22H24N4O6. The summed E-state index contributed by atoms with van der Waals surface area (Å²) in [5, 5.41) is 7.27. The number of benzene rings is 2. The maximum atomic E-state index is 13.2. The van der Waals surface area contributed by atoms with Crippen molar-refractivity contribution in [3.05, 3.63) is 54.1 Å². The molecule has 10 nitrogen and oxygen atoms in total. The van der Waals surface area contributed by atoms with E-state index in [1.807, 2.05) is 0 Å². The molecule has 0 bridgehead atoms. The Balaban J connectivity index is 1.83. The molecule has 168 valence electrons. The second-order valence-corrected chi connectivity index (χ2v) is 7.12. The normalized spacial score (nSPS) is 15.9. The number of ether oxygens (including phenoxy) is 2. The number of methoxy groups -OCH3 is 2. The number of imide groups is 1. The second-order valence-electron chi connectivity index (χ2n) is 7.12. The van der Waals surface area contributed by atoms with Crippen molar-refractivity contribution in [1.82, 2.24) is 15.5 Å². The molecule has 0 spiro atoms. The number of rotatable bonds is 8. The highest BCUT2D eigenvalue weighted by molar-refractivity contribution is 6.06. The number of nitrogens with one attached hydrogen (secondary N) is 3. The number of likely N-dealkylation sites (N-methyl/N-ethyl adjacent to an activating group) is 1.